The summed E-state index contributed by atoms with van der Waals surface area (Å²) < 4.78 is 0. The molecule has 0 aliphatic heterocycles. The molecular formula is C26H23N3S. The zero-order chi connectivity index (χ0) is 20.3. The van der Waals surface area contributed by atoms with Gasteiger partial charge in [-0.05, 0) is 64.9 Å². The van der Waals surface area contributed by atoms with Gasteiger partial charge in [0.05, 0.1) is 15.9 Å². The second-order valence-electron chi connectivity index (χ2n) is 7.51. The van der Waals surface area contributed by atoms with E-state index in [1.54, 1.807) is 11.3 Å². The van der Waals surface area contributed by atoms with Crippen LogP contribution in [-0.2, 0) is 6.42 Å². The van der Waals surface area contributed by atoms with Gasteiger partial charge < -0.3 is 5.32 Å². The van der Waals surface area contributed by atoms with E-state index in [1.807, 2.05) is 0 Å². The van der Waals surface area contributed by atoms with Crippen LogP contribution in [0.3, 0.4) is 0 Å². The highest BCUT2D eigenvalue weighted by atomic mass is 32.1. The van der Waals surface area contributed by atoms with Crippen LogP contribution in [0.25, 0.3) is 32.4 Å². The molecule has 1 N–H and O–H groups in total. The number of thiophene rings is 1. The average Bonchev–Trinajstić information content (AvgIpc) is 3.31. The van der Waals surface area contributed by atoms with Crippen molar-refractivity contribution in [3.05, 3.63) is 83.7 Å². The van der Waals surface area contributed by atoms with E-state index in [4.69, 9.17) is 9.97 Å². The Balaban J connectivity index is 1.58. The van der Waals surface area contributed by atoms with Crippen LogP contribution in [0.15, 0.2) is 78.2 Å². The van der Waals surface area contributed by atoms with Gasteiger partial charge in [-0.15, -0.1) is 11.3 Å². The molecule has 0 amide bonds. The minimum Gasteiger partial charge on any atom is -0.338 e. The van der Waals surface area contributed by atoms with Crippen molar-refractivity contribution in [2.75, 3.05) is 5.32 Å². The molecule has 0 bridgehead atoms. The van der Waals surface area contributed by atoms with E-state index in [1.165, 1.54) is 29.2 Å². The third-order valence-corrected chi connectivity index (χ3v) is 6.20. The molecule has 2 heterocycles. The molecule has 3 aromatic carbocycles. The van der Waals surface area contributed by atoms with Gasteiger partial charge in [-0.3, -0.25) is 0 Å². The number of hydrogen-bond acceptors (Lipinski definition) is 4. The van der Waals surface area contributed by atoms with Gasteiger partial charge in [0, 0.05) is 5.69 Å². The smallest absolute Gasteiger partial charge is 0.158 e. The van der Waals surface area contributed by atoms with E-state index in [0.29, 0.717) is 0 Å². The molecule has 30 heavy (non-hydrogen) atoms. The number of nitrogens with one attached hydrogen (secondary N) is 1. The summed E-state index contributed by atoms with van der Waals surface area (Å²) in [6.07, 6.45) is 3.56. The van der Waals surface area contributed by atoms with Crippen molar-refractivity contribution in [1.82, 2.24) is 9.97 Å². The molecule has 0 spiro atoms. The van der Waals surface area contributed by atoms with E-state index in [2.05, 4.69) is 90.4 Å². The predicted octanol–water partition coefficient (Wildman–Crippen LogP) is 7.60. The number of nitrogens with zero attached hydrogens (tertiary/aromatic N) is 2. The molecule has 2 aromatic heterocycles. The van der Waals surface area contributed by atoms with Crippen LogP contribution < -0.4 is 5.32 Å². The molecular weight excluding hydrogens is 386 g/mol. The van der Waals surface area contributed by atoms with E-state index in [0.717, 1.165) is 39.5 Å². The standard InChI is InChI=1S/C26H23N3S/c1-2-3-7-18-11-13-21(14-12-18)27-26-25(24-10-6-15-30-24)28-22-16-19-8-4-5-9-20(19)17-23(22)29-26/h4-6,8-17H,2-3,7H2,1H3,(H,27,29). The lowest BCUT2D eigenvalue weighted by Gasteiger charge is -2.12. The normalized spacial score (nSPS) is 11.2. The average molecular weight is 410 g/mol. The van der Waals surface area contributed by atoms with Crippen molar-refractivity contribution in [1.29, 1.82) is 0 Å². The first-order valence-corrected chi connectivity index (χ1v) is 11.3. The lowest BCUT2D eigenvalue weighted by Crippen LogP contribution is -2.00. The predicted molar refractivity (Wildman–Crippen MR) is 129 cm³/mol. The lowest BCUT2D eigenvalue weighted by molar-refractivity contribution is 0.795. The van der Waals surface area contributed by atoms with E-state index >= 15 is 0 Å². The Morgan fingerprint density at radius 1 is 0.833 bits per heavy atom. The van der Waals surface area contributed by atoms with Gasteiger partial charge in [-0.25, -0.2) is 9.97 Å². The zero-order valence-corrected chi connectivity index (χ0v) is 17.7. The fraction of sp³-hybridized carbons (Fsp3) is 0.154. The molecule has 0 saturated carbocycles. The van der Waals surface area contributed by atoms with Crippen molar-refractivity contribution in [3.8, 4) is 10.6 Å². The minimum absolute atomic E-state index is 0.793. The van der Waals surface area contributed by atoms with E-state index < -0.39 is 0 Å². The maximum Gasteiger partial charge on any atom is 0.158 e. The fourth-order valence-electron chi connectivity index (χ4n) is 3.69. The Kier molecular flexibility index (Phi) is 5.16. The molecule has 0 radical (unpaired) electrons. The highest BCUT2D eigenvalue weighted by molar-refractivity contribution is 7.13. The number of aromatic nitrogens is 2. The summed E-state index contributed by atoms with van der Waals surface area (Å²) >= 11 is 1.68. The molecule has 0 unspecified atom stereocenters. The lowest BCUT2D eigenvalue weighted by atomic mass is 10.1. The highest BCUT2D eigenvalue weighted by Gasteiger charge is 2.13. The third kappa shape index (κ3) is 3.79. The van der Waals surface area contributed by atoms with Gasteiger partial charge in [-0.1, -0.05) is 55.8 Å². The Hall–Kier alpha value is -3.24. The Morgan fingerprint density at radius 2 is 1.57 bits per heavy atom. The summed E-state index contributed by atoms with van der Waals surface area (Å²) in [6.45, 7) is 2.23. The first-order chi connectivity index (χ1) is 14.8. The van der Waals surface area contributed by atoms with Gasteiger partial charge in [-0.2, -0.15) is 0 Å². The van der Waals surface area contributed by atoms with E-state index in [9.17, 15) is 0 Å². The Morgan fingerprint density at radius 3 is 2.23 bits per heavy atom. The molecule has 5 aromatic rings. The van der Waals surface area contributed by atoms with Gasteiger partial charge in [0.1, 0.15) is 5.69 Å². The number of benzene rings is 3. The van der Waals surface area contributed by atoms with Crippen molar-refractivity contribution >= 4 is 44.6 Å². The van der Waals surface area contributed by atoms with Crippen LogP contribution in [0, 0.1) is 0 Å². The van der Waals surface area contributed by atoms with Crippen molar-refractivity contribution in [2.45, 2.75) is 26.2 Å². The Bertz CT molecular complexity index is 1290. The first-order valence-electron chi connectivity index (χ1n) is 10.4. The molecule has 0 saturated heterocycles. The van der Waals surface area contributed by atoms with Crippen molar-refractivity contribution in [2.24, 2.45) is 0 Å². The maximum atomic E-state index is 5.01. The number of fused-ring (bicyclic) bond motifs is 2. The molecule has 4 heteroatoms. The van der Waals surface area contributed by atoms with Crippen LogP contribution in [0.1, 0.15) is 25.3 Å². The van der Waals surface area contributed by atoms with Crippen LogP contribution in [0.5, 0.6) is 0 Å². The summed E-state index contributed by atoms with van der Waals surface area (Å²) in [7, 11) is 0. The highest BCUT2D eigenvalue weighted by Crippen LogP contribution is 2.33. The van der Waals surface area contributed by atoms with Gasteiger partial charge in [0.15, 0.2) is 5.82 Å². The van der Waals surface area contributed by atoms with Crippen molar-refractivity contribution in [3.63, 3.8) is 0 Å². The molecule has 0 aliphatic carbocycles. The SMILES string of the molecule is CCCCc1ccc(Nc2nc3cc4ccccc4cc3nc2-c2cccs2)cc1. The largest absolute Gasteiger partial charge is 0.338 e. The number of unbranched alkanes of at least 4 members (excludes halogenated alkanes) is 1. The summed E-state index contributed by atoms with van der Waals surface area (Å²) in [5.41, 5.74) is 5.11. The Labute approximate surface area is 180 Å². The third-order valence-electron chi connectivity index (χ3n) is 5.32. The second-order valence-corrected chi connectivity index (χ2v) is 8.46. The quantitative estimate of drug-likeness (QED) is 0.293. The molecule has 0 atom stereocenters. The van der Waals surface area contributed by atoms with Crippen LogP contribution >= 0.6 is 11.3 Å². The molecule has 0 aliphatic rings. The second kappa shape index (κ2) is 8.25. The zero-order valence-electron chi connectivity index (χ0n) is 16.9. The molecule has 148 valence electrons. The topological polar surface area (TPSA) is 37.8 Å². The van der Waals surface area contributed by atoms with E-state index in [-0.39, 0.29) is 0 Å². The summed E-state index contributed by atoms with van der Waals surface area (Å²) in [5, 5.41) is 7.95. The fourth-order valence-corrected chi connectivity index (χ4v) is 4.40. The minimum atomic E-state index is 0.793. The number of anilines is 2. The van der Waals surface area contributed by atoms with Gasteiger partial charge in [0.2, 0.25) is 0 Å². The summed E-state index contributed by atoms with van der Waals surface area (Å²) in [6, 6.07) is 25.4. The molecule has 0 fully saturated rings. The van der Waals surface area contributed by atoms with Gasteiger partial charge >= 0.3 is 0 Å². The van der Waals surface area contributed by atoms with Crippen LogP contribution in [-0.4, -0.2) is 9.97 Å². The monoisotopic (exact) mass is 409 g/mol. The summed E-state index contributed by atoms with van der Waals surface area (Å²) in [4.78, 5) is 11.1. The van der Waals surface area contributed by atoms with Crippen LogP contribution in [0.4, 0.5) is 11.5 Å². The van der Waals surface area contributed by atoms with Crippen LogP contribution in [0.2, 0.25) is 0 Å². The number of rotatable bonds is 6. The van der Waals surface area contributed by atoms with Gasteiger partial charge in [0.25, 0.3) is 0 Å². The molecule has 3 nitrogen and oxygen atoms in total. The number of aryl methyl sites for hydroxylation is 1. The first kappa shape index (κ1) is 18.8. The summed E-state index contributed by atoms with van der Waals surface area (Å²) in [5.74, 6) is 0.793. The van der Waals surface area contributed by atoms with Crippen molar-refractivity contribution < 1.29 is 0 Å². The molecule has 5 rings (SSSR count). The maximum absolute atomic E-state index is 5.01. The number of hydrogen-bond donors (Lipinski definition) is 1.